The van der Waals surface area contributed by atoms with E-state index in [-0.39, 0.29) is 18.4 Å². The molecule has 1 aromatic carbocycles. The van der Waals surface area contributed by atoms with Crippen LogP contribution in [0.25, 0.3) is 0 Å². The molecule has 2 atom stereocenters. The first-order valence-corrected chi connectivity index (χ1v) is 8.57. The van der Waals surface area contributed by atoms with Crippen LogP contribution in [0.5, 0.6) is 0 Å². The van der Waals surface area contributed by atoms with Crippen LogP contribution in [0.15, 0.2) is 36.5 Å². The summed E-state index contributed by atoms with van der Waals surface area (Å²) in [7, 11) is 1.57. The number of benzene rings is 1. The summed E-state index contributed by atoms with van der Waals surface area (Å²) >= 11 is 5.97. The molecule has 0 unspecified atom stereocenters. The lowest BCUT2D eigenvalue weighted by Gasteiger charge is -2.27. The lowest BCUT2D eigenvalue weighted by molar-refractivity contribution is -0.132. The van der Waals surface area contributed by atoms with Crippen LogP contribution in [0.1, 0.15) is 43.5 Å². The van der Waals surface area contributed by atoms with Crippen molar-refractivity contribution >= 4 is 17.5 Å². The van der Waals surface area contributed by atoms with Crippen LogP contribution in [0.3, 0.4) is 0 Å². The van der Waals surface area contributed by atoms with Crippen LogP contribution in [-0.2, 0) is 16.0 Å². The molecule has 2 aromatic rings. The largest absolute Gasteiger partial charge is 0.380 e. The van der Waals surface area contributed by atoms with E-state index in [1.807, 2.05) is 35.0 Å². The molecular weight excluding hydrogens is 342 g/mol. The zero-order chi connectivity index (χ0) is 18.4. The fourth-order valence-electron chi connectivity index (χ4n) is 2.97. The van der Waals surface area contributed by atoms with Crippen molar-refractivity contribution in [2.45, 2.75) is 44.8 Å². The summed E-state index contributed by atoms with van der Waals surface area (Å²) in [4.78, 5) is 11.7. The Balaban J connectivity index is 2.37. The van der Waals surface area contributed by atoms with Gasteiger partial charge in [-0.15, -0.1) is 0 Å². The maximum absolute atomic E-state index is 11.7. The smallest absolute Gasteiger partial charge is 0.245 e. The molecule has 136 valence electrons. The Kier molecular flexibility index (Phi) is 6.99. The van der Waals surface area contributed by atoms with Crippen molar-refractivity contribution in [1.29, 1.82) is 0 Å². The molecule has 2 rings (SSSR count). The van der Waals surface area contributed by atoms with Crippen LogP contribution in [0.4, 0.5) is 0 Å². The molecule has 1 amide bonds. The molecule has 0 aliphatic rings. The number of nitrogens with zero attached hydrogens (tertiary/aromatic N) is 2. The first kappa shape index (κ1) is 19.4. The summed E-state index contributed by atoms with van der Waals surface area (Å²) < 4.78 is 7.53. The van der Waals surface area contributed by atoms with Gasteiger partial charge in [0, 0.05) is 36.0 Å². The minimum Gasteiger partial charge on any atom is -0.380 e. The van der Waals surface area contributed by atoms with Gasteiger partial charge in [-0.1, -0.05) is 23.7 Å². The van der Waals surface area contributed by atoms with Gasteiger partial charge in [-0.3, -0.25) is 14.7 Å². The third-order valence-electron chi connectivity index (χ3n) is 4.20. The van der Waals surface area contributed by atoms with Gasteiger partial charge in [0.1, 0.15) is 0 Å². The van der Waals surface area contributed by atoms with Gasteiger partial charge < -0.3 is 4.74 Å². The molecule has 6 nitrogen and oxygen atoms in total. The Bertz CT molecular complexity index is 685. The minimum atomic E-state index is -0.483. The van der Waals surface area contributed by atoms with Crippen LogP contribution in [-0.4, -0.2) is 34.1 Å². The zero-order valence-electron chi connectivity index (χ0n) is 14.6. The molecule has 25 heavy (non-hydrogen) atoms. The second-order valence-corrected chi connectivity index (χ2v) is 6.68. The van der Waals surface area contributed by atoms with E-state index in [1.165, 1.54) is 0 Å². The number of hydrogen-bond acceptors (Lipinski definition) is 4. The van der Waals surface area contributed by atoms with Crippen LogP contribution < -0.4 is 5.48 Å². The molecule has 2 N–H and O–H groups in total. The molecule has 1 heterocycles. The maximum atomic E-state index is 11.7. The predicted molar refractivity (Wildman–Crippen MR) is 95.9 cm³/mol. The second kappa shape index (κ2) is 8.99. The number of hydrogen-bond donors (Lipinski definition) is 2. The Morgan fingerprint density at radius 3 is 2.56 bits per heavy atom. The lowest BCUT2D eigenvalue weighted by atomic mass is 9.88. The molecule has 0 aliphatic heterocycles. The summed E-state index contributed by atoms with van der Waals surface area (Å²) in [5.74, 6) is -0.586. The number of amides is 1. The molecule has 0 radical (unpaired) electrons. The quantitative estimate of drug-likeness (QED) is 0.555. The number of halogens is 1. The third kappa shape index (κ3) is 5.04. The first-order valence-electron chi connectivity index (χ1n) is 8.19. The second-order valence-electron chi connectivity index (χ2n) is 6.24. The fourth-order valence-corrected chi connectivity index (χ4v) is 3.09. The normalized spacial score (nSPS) is 13.7. The van der Waals surface area contributed by atoms with Crippen LogP contribution >= 0.6 is 11.6 Å². The molecule has 0 fully saturated rings. The average molecular weight is 366 g/mol. The maximum Gasteiger partial charge on any atom is 0.245 e. The van der Waals surface area contributed by atoms with Gasteiger partial charge >= 0.3 is 0 Å². The number of carbonyl (C=O) groups is 1. The molecule has 1 aromatic heterocycles. The Labute approximate surface area is 152 Å². The van der Waals surface area contributed by atoms with E-state index in [1.54, 1.807) is 18.8 Å². The van der Waals surface area contributed by atoms with E-state index in [0.29, 0.717) is 11.4 Å². The highest BCUT2D eigenvalue weighted by atomic mass is 35.5. The van der Waals surface area contributed by atoms with Gasteiger partial charge in [0.25, 0.3) is 0 Å². The number of ether oxygens (including phenoxy) is 1. The average Bonchev–Trinajstić information content (AvgIpc) is 3.09. The van der Waals surface area contributed by atoms with E-state index < -0.39 is 12.0 Å². The van der Waals surface area contributed by atoms with Crippen molar-refractivity contribution in [3.8, 4) is 0 Å². The molecule has 0 aliphatic carbocycles. The van der Waals surface area contributed by atoms with E-state index in [2.05, 4.69) is 18.9 Å². The number of nitrogens with one attached hydrogen (secondary N) is 1. The highest BCUT2D eigenvalue weighted by molar-refractivity contribution is 6.30. The molecule has 0 saturated heterocycles. The highest BCUT2D eigenvalue weighted by Crippen LogP contribution is 2.30. The standard InChI is InChI=1S/C18H24ClN3O3/c1-12(2)22-16(8-9-20-22)15(17(25-3)11-18(23)21-24)10-13-4-6-14(19)7-5-13/h4-9,12,15,17,24H,10-11H2,1-3H3,(H,21,23)/t15-,17-/m1/s1. The first-order chi connectivity index (χ1) is 12.0. The number of methoxy groups -OCH3 is 1. The molecule has 0 bridgehead atoms. The van der Waals surface area contributed by atoms with Crippen molar-refractivity contribution in [1.82, 2.24) is 15.3 Å². The fraction of sp³-hybridized carbons (Fsp3) is 0.444. The van der Waals surface area contributed by atoms with Gasteiger partial charge in [-0.2, -0.15) is 5.10 Å². The number of hydroxylamine groups is 1. The van der Waals surface area contributed by atoms with E-state index in [9.17, 15) is 4.79 Å². The number of aromatic nitrogens is 2. The summed E-state index contributed by atoms with van der Waals surface area (Å²) in [6.07, 6.45) is 2.06. The van der Waals surface area contributed by atoms with E-state index in [0.717, 1.165) is 11.3 Å². The monoisotopic (exact) mass is 365 g/mol. The van der Waals surface area contributed by atoms with Gasteiger partial charge in [-0.05, 0) is 44.0 Å². The number of carbonyl (C=O) groups excluding carboxylic acids is 1. The number of rotatable bonds is 8. The van der Waals surface area contributed by atoms with Gasteiger partial charge in [0.2, 0.25) is 5.91 Å². The van der Waals surface area contributed by atoms with Gasteiger partial charge in [0.05, 0.1) is 12.5 Å². The topological polar surface area (TPSA) is 76.4 Å². The summed E-state index contributed by atoms with van der Waals surface area (Å²) in [6, 6.07) is 9.74. The van der Waals surface area contributed by atoms with Crippen molar-refractivity contribution in [2.75, 3.05) is 7.11 Å². The zero-order valence-corrected chi connectivity index (χ0v) is 15.4. The summed E-state index contributed by atoms with van der Waals surface area (Å²) in [6.45, 7) is 4.11. The van der Waals surface area contributed by atoms with E-state index in [4.69, 9.17) is 21.5 Å². The SMILES string of the molecule is CO[C@H](CC(=O)NO)[C@H](Cc1ccc(Cl)cc1)c1ccnn1C(C)C. The lowest BCUT2D eigenvalue weighted by Crippen LogP contribution is -2.32. The Morgan fingerprint density at radius 1 is 1.32 bits per heavy atom. The van der Waals surface area contributed by atoms with Crippen molar-refractivity contribution < 1.29 is 14.7 Å². The summed E-state index contributed by atoms with van der Waals surface area (Å²) in [5, 5.41) is 13.9. The third-order valence-corrected chi connectivity index (χ3v) is 4.45. The molecule has 7 heteroatoms. The Morgan fingerprint density at radius 2 is 2.00 bits per heavy atom. The molecule has 0 saturated carbocycles. The van der Waals surface area contributed by atoms with Crippen LogP contribution in [0.2, 0.25) is 5.02 Å². The molecule has 0 spiro atoms. The predicted octanol–water partition coefficient (Wildman–Crippen LogP) is 3.35. The van der Waals surface area contributed by atoms with Gasteiger partial charge in [0.15, 0.2) is 0 Å². The van der Waals surface area contributed by atoms with Crippen molar-refractivity contribution in [3.63, 3.8) is 0 Å². The van der Waals surface area contributed by atoms with Crippen molar-refractivity contribution in [3.05, 3.63) is 52.8 Å². The summed E-state index contributed by atoms with van der Waals surface area (Å²) in [5.41, 5.74) is 3.75. The van der Waals surface area contributed by atoms with Gasteiger partial charge in [-0.25, -0.2) is 5.48 Å². The molecular formula is C18H24ClN3O3. The Hall–Kier alpha value is -1.89. The van der Waals surface area contributed by atoms with E-state index >= 15 is 0 Å². The van der Waals surface area contributed by atoms with Crippen LogP contribution in [0, 0.1) is 0 Å². The highest BCUT2D eigenvalue weighted by Gasteiger charge is 2.29. The minimum absolute atomic E-state index is 0.0501. The van der Waals surface area contributed by atoms with Crippen molar-refractivity contribution in [2.24, 2.45) is 0 Å².